The maximum absolute atomic E-state index is 10.4. The molecule has 4 heteroatoms. The van der Waals surface area contributed by atoms with Gasteiger partial charge in [0.05, 0.1) is 0 Å². The molecule has 62 valence electrons. The van der Waals surface area contributed by atoms with E-state index in [1.54, 1.807) is 6.19 Å². The minimum Gasteiger partial charge on any atom is -0.480 e. The maximum atomic E-state index is 10.4. The molecule has 0 aliphatic heterocycles. The normalized spacial score (nSPS) is 11.6. The van der Waals surface area contributed by atoms with Gasteiger partial charge in [-0.3, -0.25) is 0 Å². The number of rotatable bonds is 5. The fraction of sp³-hybridized carbons (Fsp3) is 0.714. The Hall–Kier alpha value is -1.24. The molecule has 0 spiro atoms. The van der Waals surface area contributed by atoms with Gasteiger partial charge in [0, 0.05) is 0 Å². The van der Waals surface area contributed by atoms with E-state index in [-0.39, 0.29) is 0 Å². The molecule has 0 aliphatic carbocycles. The molecule has 0 fully saturated rings. The number of nitrogens with one attached hydrogen (secondary N) is 1. The lowest BCUT2D eigenvalue weighted by Crippen LogP contribution is -2.33. The number of nitriles is 1. The Kier molecular flexibility index (Phi) is 4.91. The summed E-state index contributed by atoms with van der Waals surface area (Å²) in [5.74, 6) is -0.958. The monoisotopic (exact) mass is 156 g/mol. The standard InChI is InChI=1S/C7H12N2O2/c1-2-3-4-6(7(10)11)9-5-8/h6,9H,2-4H2,1H3,(H,10,11). The average molecular weight is 156 g/mol. The molecule has 1 unspecified atom stereocenters. The topological polar surface area (TPSA) is 73.1 Å². The van der Waals surface area contributed by atoms with Crippen LogP contribution in [0.2, 0.25) is 0 Å². The molecule has 0 bridgehead atoms. The molecule has 0 saturated heterocycles. The van der Waals surface area contributed by atoms with E-state index in [2.05, 4.69) is 5.32 Å². The van der Waals surface area contributed by atoms with Crippen LogP contribution in [0, 0.1) is 11.5 Å². The fourth-order valence-corrected chi connectivity index (χ4v) is 0.744. The van der Waals surface area contributed by atoms with Crippen LogP contribution in [0.4, 0.5) is 0 Å². The first-order chi connectivity index (χ1) is 5.22. The van der Waals surface area contributed by atoms with Crippen LogP contribution in [0.1, 0.15) is 26.2 Å². The lowest BCUT2D eigenvalue weighted by Gasteiger charge is -2.07. The Bertz CT molecular complexity index is 162. The highest BCUT2D eigenvalue weighted by Gasteiger charge is 2.14. The molecule has 0 rings (SSSR count). The number of carboxylic acids is 1. The number of carbonyl (C=O) groups is 1. The highest BCUT2D eigenvalue weighted by atomic mass is 16.4. The highest BCUT2D eigenvalue weighted by molar-refractivity contribution is 5.73. The second-order valence-electron chi connectivity index (χ2n) is 2.29. The zero-order valence-corrected chi connectivity index (χ0v) is 6.50. The molecule has 0 saturated carbocycles. The van der Waals surface area contributed by atoms with Gasteiger partial charge in [-0.15, -0.1) is 0 Å². The Morgan fingerprint density at radius 2 is 2.45 bits per heavy atom. The number of nitrogens with zero attached hydrogens (tertiary/aromatic N) is 1. The highest BCUT2D eigenvalue weighted by Crippen LogP contribution is 1.99. The van der Waals surface area contributed by atoms with Crippen molar-refractivity contribution in [3.8, 4) is 6.19 Å². The van der Waals surface area contributed by atoms with Gasteiger partial charge in [0.15, 0.2) is 6.19 Å². The van der Waals surface area contributed by atoms with Crippen LogP contribution in [-0.4, -0.2) is 17.1 Å². The number of unbranched alkanes of at least 4 members (excludes halogenated alkanes) is 1. The van der Waals surface area contributed by atoms with E-state index in [0.29, 0.717) is 6.42 Å². The molecular formula is C7H12N2O2. The molecule has 4 nitrogen and oxygen atoms in total. The Labute approximate surface area is 65.8 Å². The van der Waals surface area contributed by atoms with Crippen molar-refractivity contribution in [1.82, 2.24) is 5.32 Å². The van der Waals surface area contributed by atoms with Gasteiger partial charge in [-0.2, -0.15) is 5.26 Å². The third-order valence-electron chi connectivity index (χ3n) is 1.38. The number of hydrogen-bond acceptors (Lipinski definition) is 3. The predicted molar refractivity (Wildman–Crippen MR) is 39.7 cm³/mol. The lowest BCUT2D eigenvalue weighted by molar-refractivity contribution is -0.139. The van der Waals surface area contributed by atoms with Gasteiger partial charge >= 0.3 is 5.97 Å². The fourth-order valence-electron chi connectivity index (χ4n) is 0.744. The van der Waals surface area contributed by atoms with Crippen molar-refractivity contribution >= 4 is 5.97 Å². The van der Waals surface area contributed by atoms with E-state index in [4.69, 9.17) is 10.4 Å². The van der Waals surface area contributed by atoms with Gasteiger partial charge in [-0.1, -0.05) is 19.8 Å². The summed E-state index contributed by atoms with van der Waals surface area (Å²) in [4.78, 5) is 10.4. The largest absolute Gasteiger partial charge is 0.480 e. The summed E-state index contributed by atoms with van der Waals surface area (Å²) in [6.07, 6.45) is 3.91. The first-order valence-electron chi connectivity index (χ1n) is 3.59. The van der Waals surface area contributed by atoms with Crippen molar-refractivity contribution in [1.29, 1.82) is 5.26 Å². The number of aliphatic carboxylic acids is 1. The molecule has 0 aliphatic rings. The van der Waals surface area contributed by atoms with E-state index in [9.17, 15) is 4.79 Å². The molecular weight excluding hydrogens is 144 g/mol. The second kappa shape index (κ2) is 5.54. The van der Waals surface area contributed by atoms with Crippen molar-refractivity contribution < 1.29 is 9.90 Å². The third kappa shape index (κ3) is 4.20. The van der Waals surface area contributed by atoms with Gasteiger partial charge in [0.1, 0.15) is 6.04 Å². The summed E-state index contributed by atoms with van der Waals surface area (Å²) in [7, 11) is 0. The lowest BCUT2D eigenvalue weighted by atomic mass is 10.1. The van der Waals surface area contributed by atoms with Gasteiger partial charge in [-0.25, -0.2) is 4.79 Å². The minimum atomic E-state index is -0.958. The molecule has 2 N–H and O–H groups in total. The van der Waals surface area contributed by atoms with Crippen LogP contribution >= 0.6 is 0 Å². The maximum Gasteiger partial charge on any atom is 0.326 e. The summed E-state index contributed by atoms with van der Waals surface area (Å²) in [6, 6.07) is -0.708. The van der Waals surface area contributed by atoms with Gasteiger partial charge in [0.2, 0.25) is 0 Å². The van der Waals surface area contributed by atoms with E-state index >= 15 is 0 Å². The van der Waals surface area contributed by atoms with Crippen LogP contribution in [0.25, 0.3) is 0 Å². The Balaban J connectivity index is 3.72. The average Bonchev–Trinajstić information content (AvgIpc) is 1.97. The summed E-state index contributed by atoms with van der Waals surface area (Å²) in [5, 5.41) is 18.9. The van der Waals surface area contributed by atoms with Gasteiger partial charge in [-0.05, 0) is 6.42 Å². The molecule has 1 atom stereocenters. The van der Waals surface area contributed by atoms with Crippen molar-refractivity contribution in [3.63, 3.8) is 0 Å². The third-order valence-corrected chi connectivity index (χ3v) is 1.38. The van der Waals surface area contributed by atoms with Crippen LogP contribution in [0.5, 0.6) is 0 Å². The molecule has 0 heterocycles. The summed E-state index contributed by atoms with van der Waals surface area (Å²) in [6.45, 7) is 1.98. The van der Waals surface area contributed by atoms with Crippen molar-refractivity contribution in [2.45, 2.75) is 32.2 Å². The second-order valence-corrected chi connectivity index (χ2v) is 2.29. The quantitative estimate of drug-likeness (QED) is 0.454. The number of hydrogen-bond donors (Lipinski definition) is 2. The van der Waals surface area contributed by atoms with Crippen LogP contribution in [0.15, 0.2) is 0 Å². The number of carboxylic acid groups (broad SMARTS) is 1. The molecule has 11 heavy (non-hydrogen) atoms. The summed E-state index contributed by atoms with van der Waals surface area (Å²) in [5.41, 5.74) is 0. The zero-order valence-electron chi connectivity index (χ0n) is 6.50. The van der Waals surface area contributed by atoms with Crippen LogP contribution in [-0.2, 0) is 4.79 Å². The van der Waals surface area contributed by atoms with E-state index < -0.39 is 12.0 Å². The van der Waals surface area contributed by atoms with E-state index in [0.717, 1.165) is 12.8 Å². The first-order valence-corrected chi connectivity index (χ1v) is 3.59. The van der Waals surface area contributed by atoms with Crippen molar-refractivity contribution in [3.05, 3.63) is 0 Å². The van der Waals surface area contributed by atoms with Crippen LogP contribution < -0.4 is 5.32 Å². The molecule has 0 radical (unpaired) electrons. The Morgan fingerprint density at radius 1 is 1.82 bits per heavy atom. The smallest absolute Gasteiger partial charge is 0.326 e. The van der Waals surface area contributed by atoms with Crippen LogP contribution in [0.3, 0.4) is 0 Å². The minimum absolute atomic E-state index is 0.513. The SMILES string of the molecule is CCCCC(NC#N)C(=O)O. The zero-order chi connectivity index (χ0) is 8.69. The Morgan fingerprint density at radius 3 is 2.82 bits per heavy atom. The van der Waals surface area contributed by atoms with Crippen molar-refractivity contribution in [2.75, 3.05) is 0 Å². The first kappa shape index (κ1) is 9.76. The molecule has 0 aromatic heterocycles. The summed E-state index contributed by atoms with van der Waals surface area (Å²) < 4.78 is 0. The predicted octanol–water partition coefficient (Wildman–Crippen LogP) is 0.700. The van der Waals surface area contributed by atoms with E-state index in [1.807, 2.05) is 6.92 Å². The van der Waals surface area contributed by atoms with E-state index in [1.165, 1.54) is 0 Å². The summed E-state index contributed by atoms with van der Waals surface area (Å²) >= 11 is 0. The molecule has 0 aromatic carbocycles. The van der Waals surface area contributed by atoms with Gasteiger partial charge in [0.25, 0.3) is 0 Å². The van der Waals surface area contributed by atoms with Crippen molar-refractivity contribution in [2.24, 2.45) is 0 Å². The molecule has 0 amide bonds. The van der Waals surface area contributed by atoms with Gasteiger partial charge < -0.3 is 10.4 Å². The molecule has 0 aromatic rings.